The highest BCUT2D eigenvalue weighted by Gasteiger charge is 2.21. The molecule has 210 valence electrons. The van der Waals surface area contributed by atoms with Crippen LogP contribution in [0.2, 0.25) is 0 Å². The highest BCUT2D eigenvalue weighted by atomic mass is 16.6. The molecule has 0 aliphatic heterocycles. The molecule has 3 rings (SSSR count). The molecular weight excluding hydrogens is 520 g/mol. The summed E-state index contributed by atoms with van der Waals surface area (Å²) in [5, 5.41) is 14.4. The van der Waals surface area contributed by atoms with Crippen LogP contribution in [0.5, 0.6) is 5.75 Å². The number of aliphatic imine (C=N–C) groups is 1. The van der Waals surface area contributed by atoms with Crippen LogP contribution in [-0.2, 0) is 9.47 Å². The van der Waals surface area contributed by atoms with Gasteiger partial charge in [-0.25, -0.2) is 29.2 Å². The number of pyridine rings is 1. The monoisotopic (exact) mass is 550 g/mol. The van der Waals surface area contributed by atoms with Gasteiger partial charge in [0.05, 0.1) is 16.8 Å². The van der Waals surface area contributed by atoms with E-state index in [1.807, 2.05) is 0 Å². The van der Waals surface area contributed by atoms with Crippen molar-refractivity contribution in [2.24, 2.45) is 4.99 Å². The van der Waals surface area contributed by atoms with Crippen molar-refractivity contribution < 1.29 is 38.5 Å². The lowest BCUT2D eigenvalue weighted by atomic mass is 10.2. The minimum Gasteiger partial charge on any atom is -0.477 e. The number of carboxylic acids is 1. The number of benzene rings is 2. The van der Waals surface area contributed by atoms with Crippen molar-refractivity contribution in [1.82, 2.24) is 15.6 Å². The van der Waals surface area contributed by atoms with Crippen molar-refractivity contribution in [3.63, 3.8) is 0 Å². The van der Waals surface area contributed by atoms with Crippen molar-refractivity contribution in [1.29, 1.82) is 0 Å². The molecule has 0 atom stereocenters. The Morgan fingerprint density at radius 1 is 0.800 bits per heavy atom. The molecule has 0 saturated carbocycles. The summed E-state index contributed by atoms with van der Waals surface area (Å²) in [6.45, 7) is 10.1. The van der Waals surface area contributed by atoms with E-state index in [0.29, 0.717) is 16.6 Å². The van der Waals surface area contributed by atoms with Crippen LogP contribution < -0.4 is 15.4 Å². The van der Waals surface area contributed by atoms with Gasteiger partial charge in [-0.2, -0.15) is 0 Å². The number of aromatic carboxylic acids is 1. The van der Waals surface area contributed by atoms with Crippen LogP contribution in [0.1, 0.15) is 62.4 Å². The number of guanidine groups is 1. The molecule has 0 unspecified atom stereocenters. The molecule has 0 aliphatic rings. The van der Waals surface area contributed by atoms with Gasteiger partial charge in [0.1, 0.15) is 22.6 Å². The molecule has 0 fully saturated rings. The number of carbonyl (C=O) groups excluding carboxylic acids is 3. The number of nitrogens with one attached hydrogen (secondary N) is 2. The van der Waals surface area contributed by atoms with E-state index in [1.54, 1.807) is 59.7 Å². The van der Waals surface area contributed by atoms with Gasteiger partial charge in [0.25, 0.3) is 0 Å². The van der Waals surface area contributed by atoms with Gasteiger partial charge in [0.2, 0.25) is 5.96 Å². The van der Waals surface area contributed by atoms with Crippen LogP contribution >= 0.6 is 0 Å². The summed E-state index contributed by atoms with van der Waals surface area (Å²) < 4.78 is 15.9. The van der Waals surface area contributed by atoms with Gasteiger partial charge in [0, 0.05) is 5.39 Å². The summed E-state index contributed by atoms with van der Waals surface area (Å²) in [6, 6.07) is 13.5. The molecule has 12 nitrogen and oxygen atoms in total. The second-order valence-corrected chi connectivity index (χ2v) is 10.5. The molecule has 0 aliphatic carbocycles. The van der Waals surface area contributed by atoms with Crippen molar-refractivity contribution in [3.8, 4) is 5.75 Å². The second kappa shape index (κ2) is 11.8. The number of fused-ring (bicyclic) bond motifs is 1. The SMILES string of the molecule is CC(C)(C)OC(=O)NC(=Nc1ccc(C(=O)Oc2ccc3nc(C(=O)O)ccc3c2)cc1)NC(=O)OC(C)(C)C. The molecule has 40 heavy (non-hydrogen) atoms. The maximum absolute atomic E-state index is 12.7. The predicted molar refractivity (Wildman–Crippen MR) is 146 cm³/mol. The van der Waals surface area contributed by atoms with E-state index in [-0.39, 0.29) is 23.0 Å². The number of ether oxygens (including phenoxy) is 3. The first-order valence-corrected chi connectivity index (χ1v) is 12.1. The summed E-state index contributed by atoms with van der Waals surface area (Å²) in [6.07, 6.45) is -1.68. The van der Waals surface area contributed by atoms with Gasteiger partial charge in [-0.3, -0.25) is 10.6 Å². The zero-order chi connectivity index (χ0) is 29.7. The normalized spacial score (nSPS) is 11.2. The van der Waals surface area contributed by atoms with Crippen LogP contribution in [0.15, 0.2) is 59.6 Å². The van der Waals surface area contributed by atoms with Crippen LogP contribution in [0.4, 0.5) is 15.3 Å². The third-order valence-corrected chi connectivity index (χ3v) is 4.67. The fraction of sp³-hybridized carbons (Fsp3) is 0.286. The average Bonchev–Trinajstić information content (AvgIpc) is 2.81. The molecule has 2 aromatic carbocycles. The Kier molecular flexibility index (Phi) is 8.72. The van der Waals surface area contributed by atoms with Crippen molar-refractivity contribution in [3.05, 3.63) is 65.9 Å². The van der Waals surface area contributed by atoms with E-state index in [2.05, 4.69) is 20.6 Å². The number of esters is 1. The van der Waals surface area contributed by atoms with E-state index in [0.717, 1.165) is 0 Å². The number of rotatable bonds is 4. The zero-order valence-corrected chi connectivity index (χ0v) is 22.9. The van der Waals surface area contributed by atoms with Gasteiger partial charge >= 0.3 is 24.1 Å². The molecular formula is C28H30N4O8. The Balaban J connectivity index is 1.75. The Morgan fingerprint density at radius 3 is 1.90 bits per heavy atom. The zero-order valence-electron chi connectivity index (χ0n) is 22.9. The highest BCUT2D eigenvalue weighted by Crippen LogP contribution is 2.22. The number of alkyl carbamates (subject to hydrolysis) is 2. The minimum atomic E-state index is -1.14. The molecule has 0 spiro atoms. The molecule has 3 aromatic rings. The van der Waals surface area contributed by atoms with Gasteiger partial charge < -0.3 is 19.3 Å². The quantitative estimate of drug-likeness (QED) is 0.171. The van der Waals surface area contributed by atoms with Gasteiger partial charge in [-0.15, -0.1) is 0 Å². The number of aromatic nitrogens is 1. The van der Waals surface area contributed by atoms with Gasteiger partial charge in [-0.05, 0) is 90.1 Å². The van der Waals surface area contributed by atoms with Crippen molar-refractivity contribution in [2.75, 3.05) is 0 Å². The average molecular weight is 551 g/mol. The summed E-state index contributed by atoms with van der Waals surface area (Å²) in [5.41, 5.74) is -0.716. The number of carboxylic acid groups (broad SMARTS) is 1. The Labute approximate surface area is 230 Å². The van der Waals surface area contributed by atoms with E-state index in [9.17, 15) is 19.2 Å². The summed E-state index contributed by atoms with van der Waals surface area (Å²) in [4.78, 5) is 56.6. The summed E-state index contributed by atoms with van der Waals surface area (Å²) >= 11 is 0. The maximum atomic E-state index is 12.7. The number of nitrogens with zero attached hydrogens (tertiary/aromatic N) is 2. The predicted octanol–water partition coefficient (Wildman–Crippen LogP) is 5.19. The number of carbonyl (C=O) groups is 4. The lowest BCUT2D eigenvalue weighted by Crippen LogP contribution is -2.47. The molecule has 0 bridgehead atoms. The first-order chi connectivity index (χ1) is 18.6. The summed E-state index contributed by atoms with van der Waals surface area (Å²) in [7, 11) is 0. The van der Waals surface area contributed by atoms with E-state index >= 15 is 0 Å². The molecule has 0 radical (unpaired) electrons. The minimum absolute atomic E-state index is 0.0919. The number of amides is 2. The molecule has 0 saturated heterocycles. The molecule has 12 heteroatoms. The molecule has 3 N–H and O–H groups in total. The highest BCUT2D eigenvalue weighted by molar-refractivity contribution is 6.02. The molecule has 2 amide bonds. The smallest absolute Gasteiger partial charge is 0.414 e. The van der Waals surface area contributed by atoms with Crippen LogP contribution in [0.3, 0.4) is 0 Å². The standard InChI is InChI=1S/C28H30N4O8/c1-27(2,3)39-25(36)31-24(32-26(37)40-28(4,5)6)29-18-10-7-16(8-11-18)23(35)38-19-12-14-20-17(15-19)9-13-21(30-20)22(33)34/h7-15H,1-6H3,(H,33,34)(H2,29,31,32,36,37). The van der Waals surface area contributed by atoms with Crippen molar-refractivity contribution >= 4 is 46.7 Å². The first kappa shape index (κ1) is 29.6. The Hall–Kier alpha value is -5.00. The van der Waals surface area contributed by atoms with Gasteiger partial charge in [-0.1, -0.05) is 6.07 Å². The largest absolute Gasteiger partial charge is 0.477 e. The lowest BCUT2D eigenvalue weighted by molar-refractivity contribution is 0.0542. The van der Waals surface area contributed by atoms with Crippen LogP contribution in [0.25, 0.3) is 10.9 Å². The third-order valence-electron chi connectivity index (χ3n) is 4.67. The Bertz CT molecular complexity index is 1440. The van der Waals surface area contributed by atoms with E-state index in [4.69, 9.17) is 19.3 Å². The second-order valence-electron chi connectivity index (χ2n) is 10.5. The fourth-order valence-electron chi connectivity index (χ4n) is 3.14. The lowest BCUT2D eigenvalue weighted by Gasteiger charge is -2.22. The maximum Gasteiger partial charge on any atom is 0.414 e. The topological polar surface area (TPSA) is 166 Å². The Morgan fingerprint density at radius 2 is 1.38 bits per heavy atom. The fourth-order valence-corrected chi connectivity index (χ4v) is 3.14. The number of hydrogen-bond donors (Lipinski definition) is 3. The summed E-state index contributed by atoms with van der Waals surface area (Å²) in [5.74, 6) is -1.79. The molecule has 1 aromatic heterocycles. The van der Waals surface area contributed by atoms with Crippen LogP contribution in [-0.4, -0.2) is 51.4 Å². The van der Waals surface area contributed by atoms with Crippen molar-refractivity contribution in [2.45, 2.75) is 52.7 Å². The van der Waals surface area contributed by atoms with E-state index < -0.39 is 35.3 Å². The first-order valence-electron chi connectivity index (χ1n) is 12.1. The molecule has 1 heterocycles. The number of hydrogen-bond acceptors (Lipinski definition) is 9. The van der Waals surface area contributed by atoms with Gasteiger partial charge in [0.15, 0.2) is 0 Å². The van der Waals surface area contributed by atoms with E-state index in [1.165, 1.54) is 36.4 Å². The van der Waals surface area contributed by atoms with Crippen LogP contribution in [0, 0.1) is 0 Å². The third kappa shape index (κ3) is 9.08.